The van der Waals surface area contributed by atoms with Crippen molar-refractivity contribution in [2.45, 2.75) is 380 Å². The fourth-order valence-electron chi connectivity index (χ4n) is 26.3. The summed E-state index contributed by atoms with van der Waals surface area (Å²) in [4.78, 5) is 13.3. The first-order chi connectivity index (χ1) is 38.7. The predicted molar refractivity (Wildman–Crippen MR) is 324 cm³/mol. The van der Waals surface area contributed by atoms with E-state index in [-0.39, 0.29) is 0 Å². The van der Waals surface area contributed by atoms with Gasteiger partial charge in [0.25, 0.3) is 0 Å². The molecule has 11 aliphatic carbocycles. The van der Waals surface area contributed by atoms with E-state index >= 15 is 0 Å². The fourth-order valence-corrected chi connectivity index (χ4v) is 26.3. The second kappa shape index (κ2) is 24.6. The van der Waals surface area contributed by atoms with Crippen LogP contribution in [0.25, 0.3) is 0 Å². The molecule has 0 bridgehead atoms. The van der Waals surface area contributed by atoms with Gasteiger partial charge in [0.15, 0.2) is 0 Å². The summed E-state index contributed by atoms with van der Waals surface area (Å²) in [7, 11) is 0. The first kappa shape index (κ1) is 54.4. The topological polar surface area (TPSA) is 37.0 Å². The number of nitrogens with zero attached hydrogens (tertiary/aromatic N) is 4. The van der Waals surface area contributed by atoms with Gasteiger partial charge in [0.1, 0.15) is 0 Å². The van der Waals surface area contributed by atoms with Gasteiger partial charge in [-0.2, -0.15) is 0 Å². The van der Waals surface area contributed by atoms with Gasteiger partial charge in [0.2, 0.25) is 0 Å². The smallest absolute Gasteiger partial charge is 0.0254 e. The van der Waals surface area contributed by atoms with Gasteiger partial charge < -0.3 is 10.6 Å². The zero-order valence-electron chi connectivity index (χ0n) is 50.6. The molecule has 0 radical (unpaired) electrons. The van der Waals surface area contributed by atoms with Crippen LogP contribution in [-0.2, 0) is 0 Å². The fraction of sp³-hybridized carbons (Fsp3) is 1.00. The normalized spacial score (nSPS) is 47.9. The lowest BCUT2D eigenvalue weighted by Crippen LogP contribution is -2.66. The van der Waals surface area contributed by atoms with Crippen molar-refractivity contribution in [3.05, 3.63) is 0 Å². The minimum Gasteiger partial charge on any atom is -0.312 e. The summed E-state index contributed by atoms with van der Waals surface area (Å²) in [6, 6.07) is 12.4. The molecule has 16 atom stereocenters. The Balaban J connectivity index is 0.566. The molecular formula is C72H122N6. The molecule has 78 heavy (non-hydrogen) atoms. The highest BCUT2D eigenvalue weighted by Crippen LogP contribution is 2.57. The van der Waals surface area contributed by atoms with Crippen molar-refractivity contribution in [2.24, 2.45) is 59.2 Å². The van der Waals surface area contributed by atoms with Crippen LogP contribution in [0.1, 0.15) is 295 Å². The highest BCUT2D eigenvalue weighted by Gasteiger charge is 2.58. The Hall–Kier alpha value is -0.240. The van der Waals surface area contributed by atoms with E-state index in [0.29, 0.717) is 0 Å². The van der Waals surface area contributed by atoms with Gasteiger partial charge in [0.05, 0.1) is 0 Å². The summed E-state index contributed by atoms with van der Waals surface area (Å²) >= 11 is 0. The van der Waals surface area contributed by atoms with Gasteiger partial charge in [-0.1, -0.05) is 103 Å². The average Bonchev–Trinajstić information content (AvgIpc) is 4.04. The van der Waals surface area contributed by atoms with E-state index in [1.165, 1.54) is 257 Å². The largest absolute Gasteiger partial charge is 0.312 e. The Morgan fingerprint density at radius 2 is 0.564 bits per heavy atom. The summed E-state index contributed by atoms with van der Waals surface area (Å²) in [5.74, 6) is 9.85. The maximum atomic E-state index is 4.34. The number of piperidine rings is 2. The molecule has 11 saturated carbocycles. The maximum absolute atomic E-state index is 4.34. The van der Waals surface area contributed by atoms with Gasteiger partial charge in [-0.3, -0.25) is 19.6 Å². The van der Waals surface area contributed by atoms with Gasteiger partial charge in [-0.05, 0) is 265 Å². The van der Waals surface area contributed by atoms with Crippen molar-refractivity contribution in [3.63, 3.8) is 0 Å². The van der Waals surface area contributed by atoms with E-state index in [4.69, 9.17) is 0 Å². The van der Waals surface area contributed by atoms with Crippen LogP contribution in [0.2, 0.25) is 0 Å². The lowest BCUT2D eigenvalue weighted by Gasteiger charge is -2.56. The van der Waals surface area contributed by atoms with E-state index in [1.807, 2.05) is 0 Å². The lowest BCUT2D eigenvalue weighted by molar-refractivity contribution is -0.0288. The Bertz CT molecular complexity index is 1710. The molecule has 0 amide bonds. The number of nitrogens with one attached hydrogen (secondary N) is 2. The first-order valence-electron chi connectivity index (χ1n) is 37.3. The third kappa shape index (κ3) is 10.5. The summed E-state index contributed by atoms with van der Waals surface area (Å²) in [6.45, 7) is 2.60. The van der Waals surface area contributed by atoms with Gasteiger partial charge in [-0.25, -0.2) is 0 Å². The van der Waals surface area contributed by atoms with Crippen molar-refractivity contribution >= 4 is 0 Å². The van der Waals surface area contributed by atoms with E-state index in [2.05, 4.69) is 30.2 Å². The number of hydrogen-bond acceptors (Lipinski definition) is 6. The van der Waals surface area contributed by atoms with Crippen molar-refractivity contribution in [1.29, 1.82) is 0 Å². The molecule has 0 aromatic carbocycles. The molecule has 440 valence electrons. The molecule has 0 spiro atoms. The molecule has 0 aromatic heterocycles. The molecule has 0 aromatic rings. The predicted octanol–water partition coefficient (Wildman–Crippen LogP) is 15.8. The lowest BCUT2D eigenvalue weighted by atomic mass is 9.57. The van der Waals surface area contributed by atoms with Crippen LogP contribution in [0.15, 0.2) is 0 Å². The Morgan fingerprint density at radius 1 is 0.231 bits per heavy atom. The molecule has 2 N–H and O–H groups in total. The average molecular weight is 1070 g/mol. The number of rotatable bonds is 10. The van der Waals surface area contributed by atoms with Crippen molar-refractivity contribution in [3.8, 4) is 0 Å². The van der Waals surface area contributed by atoms with Crippen molar-refractivity contribution in [2.75, 3.05) is 13.1 Å². The quantitative estimate of drug-likeness (QED) is 0.227. The highest BCUT2D eigenvalue weighted by molar-refractivity contribution is 5.12. The van der Waals surface area contributed by atoms with Gasteiger partial charge in [0, 0.05) is 84.6 Å². The van der Waals surface area contributed by atoms with Crippen LogP contribution in [0.5, 0.6) is 0 Å². The second-order valence-electron chi connectivity index (χ2n) is 32.3. The summed E-state index contributed by atoms with van der Waals surface area (Å²) < 4.78 is 0. The number of hydrogen-bond donors (Lipinski definition) is 2. The zero-order valence-corrected chi connectivity index (χ0v) is 50.6. The molecule has 6 nitrogen and oxygen atoms in total. The molecule has 4 heterocycles. The van der Waals surface area contributed by atoms with Crippen molar-refractivity contribution in [1.82, 2.24) is 30.2 Å². The Labute approximate surface area is 480 Å². The minimum absolute atomic E-state index is 0.741. The van der Waals surface area contributed by atoms with Gasteiger partial charge in [-0.15, -0.1) is 0 Å². The molecular weight excluding hydrogens is 949 g/mol. The highest BCUT2D eigenvalue weighted by atomic mass is 15.3. The molecule has 6 heteroatoms. The SMILES string of the molecule is C1CCC(N(C2CCCCC2)C2CCC3C(C2)C2CCCCC2N3C2CCC(C3CCNC4C3CCC3C(C5CCC(N6C7CCCCC7C7CC(N(C8CCCCC8)C8CCCCC8)CCC76)CC5)CCNC34)CC2)CC1. The van der Waals surface area contributed by atoms with Crippen LogP contribution in [0, 0.1) is 59.2 Å². The number of fused-ring (bicyclic) bond motifs is 9. The standard InChI is InChI=1S/C72H122N6/c1-5-17-51(18-6-1)75(52-19-7-2-8-20-52)57-37-41-69-65(47-57)61-25-13-15-27-67(61)77(69)55-33-29-49(30-34-55)59-43-45-73-71-63(59)39-40-64-60(44-46-74-72(64)71)50-31-35-56(36-32-50)78-68-28-16-14-26-62(68)66-48-58(38-42-70(66)78)76(53-21-9-3-10-22-53)54-23-11-4-12-24-54/h49-74H,1-48H2. The Morgan fingerprint density at radius 3 is 0.936 bits per heavy atom. The van der Waals surface area contributed by atoms with Gasteiger partial charge >= 0.3 is 0 Å². The molecule has 4 aliphatic heterocycles. The van der Waals surface area contributed by atoms with Crippen LogP contribution in [0.4, 0.5) is 0 Å². The third-order valence-electron chi connectivity index (χ3n) is 29.2. The molecule has 4 saturated heterocycles. The minimum atomic E-state index is 0.741. The Kier molecular flexibility index (Phi) is 17.2. The van der Waals surface area contributed by atoms with E-state index in [9.17, 15) is 0 Å². The second-order valence-corrected chi connectivity index (χ2v) is 32.3. The molecule has 15 fully saturated rings. The molecule has 15 aliphatic rings. The monoisotopic (exact) mass is 1070 g/mol. The summed E-state index contributed by atoms with van der Waals surface area (Å²) in [5.41, 5.74) is 0. The summed E-state index contributed by atoms with van der Waals surface area (Å²) in [5, 5.41) is 8.68. The molecule has 16 unspecified atom stereocenters. The van der Waals surface area contributed by atoms with E-state index in [1.54, 1.807) is 51.4 Å². The van der Waals surface area contributed by atoms with E-state index in [0.717, 1.165) is 144 Å². The van der Waals surface area contributed by atoms with E-state index < -0.39 is 0 Å². The maximum Gasteiger partial charge on any atom is 0.0254 e. The summed E-state index contributed by atoms with van der Waals surface area (Å²) in [6.07, 6.45) is 70.1. The van der Waals surface area contributed by atoms with Crippen LogP contribution in [-0.4, -0.2) is 117 Å². The van der Waals surface area contributed by atoms with Crippen LogP contribution >= 0.6 is 0 Å². The first-order valence-corrected chi connectivity index (χ1v) is 37.3. The zero-order chi connectivity index (χ0) is 51.5. The molecule has 15 rings (SSSR count). The van der Waals surface area contributed by atoms with Crippen molar-refractivity contribution < 1.29 is 0 Å². The number of likely N-dealkylation sites (tertiary alicyclic amines) is 2. The third-order valence-corrected chi connectivity index (χ3v) is 29.2. The van der Waals surface area contributed by atoms with Crippen LogP contribution < -0.4 is 10.6 Å². The van der Waals surface area contributed by atoms with Crippen LogP contribution in [0.3, 0.4) is 0 Å².